The fourth-order valence-electron chi connectivity index (χ4n) is 2.48. The number of amides is 1. The second-order valence-electron chi connectivity index (χ2n) is 6.03. The molecule has 1 unspecified atom stereocenters. The van der Waals surface area contributed by atoms with Crippen LogP contribution in [0.1, 0.15) is 25.3 Å². The smallest absolute Gasteiger partial charge is 0.314 e. The highest BCUT2D eigenvalue weighted by molar-refractivity contribution is 6.39. The summed E-state index contributed by atoms with van der Waals surface area (Å²) < 4.78 is 5.19. The third-order valence-electron chi connectivity index (χ3n) is 3.72. The Morgan fingerprint density at radius 2 is 1.58 bits per heavy atom. The zero-order valence-corrected chi connectivity index (χ0v) is 16.5. The minimum atomic E-state index is -0.521. The minimum Gasteiger partial charge on any atom is -0.455 e. The highest BCUT2D eigenvalue weighted by Gasteiger charge is 2.26. The number of carbonyl (C=O) groups is 2. The van der Waals surface area contributed by atoms with Gasteiger partial charge in [-0.2, -0.15) is 0 Å². The number of para-hydroxylation sites is 1. The Labute approximate surface area is 167 Å². The minimum absolute atomic E-state index is 0.00949. The van der Waals surface area contributed by atoms with Gasteiger partial charge in [-0.25, -0.2) is 0 Å². The van der Waals surface area contributed by atoms with Gasteiger partial charge in [-0.1, -0.05) is 66.8 Å². The molecule has 7 heteroatoms. The number of anilines is 1. The van der Waals surface area contributed by atoms with Crippen LogP contribution in [-0.4, -0.2) is 18.5 Å². The largest absolute Gasteiger partial charge is 0.455 e. The average Bonchev–Trinajstić information content (AvgIpc) is 2.58. The van der Waals surface area contributed by atoms with Gasteiger partial charge in [-0.15, -0.1) is 0 Å². The summed E-state index contributed by atoms with van der Waals surface area (Å²) in [5, 5.41) is 3.74. The summed E-state index contributed by atoms with van der Waals surface area (Å²) in [6.07, 6.45) is 0. The van der Waals surface area contributed by atoms with Crippen molar-refractivity contribution in [2.24, 2.45) is 5.92 Å². The van der Waals surface area contributed by atoms with Gasteiger partial charge in [-0.3, -0.25) is 9.59 Å². The van der Waals surface area contributed by atoms with Crippen molar-refractivity contribution in [3.05, 3.63) is 63.1 Å². The molecule has 0 aliphatic heterocycles. The molecule has 0 bridgehead atoms. The molecule has 0 aliphatic rings. The molecule has 1 amide bonds. The number of carbonyl (C=O) groups excluding carboxylic acids is 2. The predicted molar refractivity (Wildman–Crippen MR) is 105 cm³/mol. The third kappa shape index (κ3) is 5.37. The molecular formula is C19H18Cl3NO3. The van der Waals surface area contributed by atoms with Crippen molar-refractivity contribution < 1.29 is 14.3 Å². The molecule has 4 nitrogen and oxygen atoms in total. The van der Waals surface area contributed by atoms with E-state index in [0.717, 1.165) is 5.56 Å². The maximum Gasteiger partial charge on any atom is 0.314 e. The van der Waals surface area contributed by atoms with Crippen molar-refractivity contribution in [3.8, 4) is 0 Å². The molecule has 0 spiro atoms. The number of hydrogen-bond donors (Lipinski definition) is 1. The number of nitrogens with one attached hydrogen (secondary N) is 1. The lowest BCUT2D eigenvalue weighted by atomic mass is 9.88. The molecule has 2 aromatic carbocycles. The van der Waals surface area contributed by atoms with Crippen LogP contribution in [0.4, 0.5) is 5.69 Å². The maximum atomic E-state index is 12.5. The number of benzene rings is 2. The Hall–Kier alpha value is -1.75. The standard InChI is InChI=1S/C19H18Cl3NO3/c1-11(2)17(12-6-8-13(20)9-7-12)19(25)26-10-16(24)23-18-14(21)4-3-5-15(18)22/h3-9,11,17H,10H2,1-2H3,(H,23,24). The molecule has 0 radical (unpaired) electrons. The average molecular weight is 415 g/mol. The molecule has 1 N–H and O–H groups in total. The predicted octanol–water partition coefficient (Wildman–Crippen LogP) is 5.57. The van der Waals surface area contributed by atoms with E-state index in [0.29, 0.717) is 15.1 Å². The Bertz CT molecular complexity index is 771. The first-order valence-corrected chi connectivity index (χ1v) is 9.09. The van der Waals surface area contributed by atoms with Crippen LogP contribution in [0.5, 0.6) is 0 Å². The first kappa shape index (κ1) is 20.6. The van der Waals surface area contributed by atoms with E-state index in [1.54, 1.807) is 42.5 Å². The maximum absolute atomic E-state index is 12.5. The summed E-state index contributed by atoms with van der Waals surface area (Å²) in [6, 6.07) is 11.8. The van der Waals surface area contributed by atoms with Crippen LogP contribution >= 0.6 is 34.8 Å². The van der Waals surface area contributed by atoms with Crippen molar-refractivity contribution in [1.82, 2.24) is 0 Å². The van der Waals surface area contributed by atoms with Crippen LogP contribution < -0.4 is 5.32 Å². The first-order chi connectivity index (χ1) is 12.3. The fourth-order valence-corrected chi connectivity index (χ4v) is 3.10. The number of halogens is 3. The van der Waals surface area contributed by atoms with Gasteiger partial charge < -0.3 is 10.1 Å². The van der Waals surface area contributed by atoms with Crippen LogP contribution in [0.2, 0.25) is 15.1 Å². The van der Waals surface area contributed by atoms with Gasteiger partial charge in [-0.05, 0) is 35.7 Å². The summed E-state index contributed by atoms with van der Waals surface area (Å²) in [5.74, 6) is -1.51. The van der Waals surface area contributed by atoms with Crippen LogP contribution in [0, 0.1) is 5.92 Å². The van der Waals surface area contributed by atoms with Crippen molar-refractivity contribution in [2.45, 2.75) is 19.8 Å². The van der Waals surface area contributed by atoms with Gasteiger partial charge in [0.05, 0.1) is 21.7 Å². The molecule has 0 saturated heterocycles. The number of hydrogen-bond acceptors (Lipinski definition) is 3. The highest BCUT2D eigenvalue weighted by atomic mass is 35.5. The monoisotopic (exact) mass is 413 g/mol. The lowest BCUT2D eigenvalue weighted by molar-refractivity contribution is -0.149. The van der Waals surface area contributed by atoms with Crippen molar-refractivity contribution >= 4 is 52.4 Å². The number of rotatable bonds is 6. The molecule has 0 heterocycles. The topological polar surface area (TPSA) is 55.4 Å². The highest BCUT2D eigenvalue weighted by Crippen LogP contribution is 2.30. The molecule has 0 fully saturated rings. The van der Waals surface area contributed by atoms with Crippen LogP contribution in [0.15, 0.2) is 42.5 Å². The van der Waals surface area contributed by atoms with Gasteiger partial charge in [0.15, 0.2) is 6.61 Å². The van der Waals surface area contributed by atoms with Crippen molar-refractivity contribution in [2.75, 3.05) is 11.9 Å². The van der Waals surface area contributed by atoms with Crippen molar-refractivity contribution in [3.63, 3.8) is 0 Å². The summed E-state index contributed by atoms with van der Waals surface area (Å²) >= 11 is 17.9. The van der Waals surface area contributed by atoms with Crippen LogP contribution in [0.25, 0.3) is 0 Å². The van der Waals surface area contributed by atoms with Gasteiger partial charge in [0.1, 0.15) is 0 Å². The van der Waals surface area contributed by atoms with E-state index in [9.17, 15) is 9.59 Å². The quantitative estimate of drug-likeness (QED) is 0.629. The van der Waals surface area contributed by atoms with Gasteiger partial charge >= 0.3 is 5.97 Å². The van der Waals surface area contributed by atoms with Crippen LogP contribution in [-0.2, 0) is 14.3 Å². The Morgan fingerprint density at radius 1 is 1.00 bits per heavy atom. The number of esters is 1. The summed E-state index contributed by atoms with van der Waals surface area (Å²) in [4.78, 5) is 24.5. The summed E-state index contributed by atoms with van der Waals surface area (Å²) in [7, 11) is 0. The SMILES string of the molecule is CC(C)C(C(=O)OCC(=O)Nc1c(Cl)cccc1Cl)c1ccc(Cl)cc1. The first-order valence-electron chi connectivity index (χ1n) is 7.95. The second-order valence-corrected chi connectivity index (χ2v) is 7.28. The molecule has 138 valence electrons. The lowest BCUT2D eigenvalue weighted by Crippen LogP contribution is -2.26. The van der Waals surface area contributed by atoms with Gasteiger partial charge in [0, 0.05) is 5.02 Å². The van der Waals surface area contributed by atoms with E-state index in [-0.39, 0.29) is 11.6 Å². The molecular weight excluding hydrogens is 397 g/mol. The van der Waals surface area contributed by atoms with Gasteiger partial charge in [0.25, 0.3) is 5.91 Å². The van der Waals surface area contributed by atoms with Crippen molar-refractivity contribution in [1.29, 1.82) is 0 Å². The molecule has 26 heavy (non-hydrogen) atoms. The Morgan fingerprint density at radius 3 is 2.12 bits per heavy atom. The molecule has 0 saturated carbocycles. The second kappa shape index (κ2) is 9.26. The van der Waals surface area contributed by atoms with E-state index in [4.69, 9.17) is 39.5 Å². The third-order valence-corrected chi connectivity index (χ3v) is 4.60. The zero-order chi connectivity index (χ0) is 19.3. The molecule has 0 aliphatic carbocycles. The molecule has 0 aromatic heterocycles. The lowest BCUT2D eigenvalue weighted by Gasteiger charge is -2.20. The molecule has 2 aromatic rings. The van der Waals surface area contributed by atoms with E-state index >= 15 is 0 Å². The van der Waals surface area contributed by atoms with Crippen LogP contribution in [0.3, 0.4) is 0 Å². The normalized spacial score (nSPS) is 11.9. The van der Waals surface area contributed by atoms with E-state index in [1.807, 2.05) is 13.8 Å². The van der Waals surface area contributed by atoms with Gasteiger partial charge in [0.2, 0.25) is 0 Å². The molecule has 2 rings (SSSR count). The Balaban J connectivity index is 2.01. The fraction of sp³-hybridized carbons (Fsp3) is 0.263. The van der Waals surface area contributed by atoms with E-state index in [2.05, 4.69) is 5.32 Å². The van der Waals surface area contributed by atoms with E-state index in [1.165, 1.54) is 0 Å². The molecule has 1 atom stereocenters. The Kier molecular flexibility index (Phi) is 7.33. The number of ether oxygens (including phenoxy) is 1. The zero-order valence-electron chi connectivity index (χ0n) is 14.3. The van der Waals surface area contributed by atoms with E-state index < -0.39 is 24.4 Å². The summed E-state index contributed by atoms with van der Waals surface area (Å²) in [6.45, 7) is 3.38. The summed E-state index contributed by atoms with van der Waals surface area (Å²) in [5.41, 5.74) is 1.07.